The first-order chi connectivity index (χ1) is 10.0. The minimum absolute atomic E-state index is 0.145. The van der Waals surface area contributed by atoms with Crippen molar-refractivity contribution in [3.05, 3.63) is 6.33 Å². The molecule has 8 heteroatoms. The molecule has 1 aliphatic rings. The van der Waals surface area contributed by atoms with Crippen molar-refractivity contribution in [2.75, 3.05) is 18.1 Å². The van der Waals surface area contributed by atoms with E-state index in [1.807, 2.05) is 11.8 Å². The van der Waals surface area contributed by atoms with Crippen LogP contribution in [0.5, 0.6) is 0 Å². The number of rotatable bonds is 4. The van der Waals surface area contributed by atoms with Gasteiger partial charge in [-0.15, -0.1) is 0 Å². The van der Waals surface area contributed by atoms with E-state index in [2.05, 4.69) is 22.3 Å². The van der Waals surface area contributed by atoms with Crippen LogP contribution in [0.3, 0.4) is 0 Å². The van der Waals surface area contributed by atoms with E-state index >= 15 is 0 Å². The number of carbonyl (C=O) groups excluding carboxylic acids is 2. The highest BCUT2D eigenvalue weighted by Gasteiger charge is 2.32. The lowest BCUT2D eigenvalue weighted by Gasteiger charge is -2.23. The normalized spacial score (nSPS) is 21.3. The molecule has 1 aromatic heterocycles. The molecule has 7 nitrogen and oxygen atoms in total. The Balaban J connectivity index is 1.90. The third kappa shape index (κ3) is 3.75. The van der Waals surface area contributed by atoms with Gasteiger partial charge in [-0.25, -0.2) is 4.68 Å². The van der Waals surface area contributed by atoms with Crippen molar-refractivity contribution in [2.24, 2.45) is 7.05 Å². The fraction of sp³-hybridized carbons (Fsp3) is 0.692. The molecule has 0 spiro atoms. The summed E-state index contributed by atoms with van der Waals surface area (Å²) < 4.78 is 1.41. The summed E-state index contributed by atoms with van der Waals surface area (Å²) in [7, 11) is 3.35. The van der Waals surface area contributed by atoms with Crippen molar-refractivity contribution >= 4 is 29.5 Å². The molecule has 116 valence electrons. The van der Waals surface area contributed by atoms with E-state index in [1.165, 1.54) is 11.0 Å². The minimum Gasteiger partial charge on any atom is -0.334 e. The molecule has 2 amide bonds. The molecule has 0 bridgehead atoms. The Bertz CT molecular complexity index is 518. The van der Waals surface area contributed by atoms with Gasteiger partial charge in [0.25, 0.3) is 0 Å². The van der Waals surface area contributed by atoms with Gasteiger partial charge in [0.1, 0.15) is 6.33 Å². The molecule has 0 aliphatic heterocycles. The number of hydrogen-bond donors (Lipinski definition) is 1. The summed E-state index contributed by atoms with van der Waals surface area (Å²) in [5, 5.41) is 6.92. The number of likely N-dealkylation sites (N-methyl/N-ethyl adjacent to an activating group) is 1. The predicted octanol–water partition coefficient (Wildman–Crippen LogP) is 0.886. The summed E-state index contributed by atoms with van der Waals surface area (Å²) >= 11 is 1.93. The average molecular weight is 311 g/mol. The number of aryl methyl sites for hydroxylation is 1. The third-order valence-electron chi connectivity index (χ3n) is 3.76. The molecule has 1 fully saturated rings. The second kappa shape index (κ2) is 6.93. The number of carbonyl (C=O) groups is 2. The molecular formula is C13H21N5O2S. The van der Waals surface area contributed by atoms with Crippen molar-refractivity contribution in [1.29, 1.82) is 0 Å². The zero-order valence-corrected chi connectivity index (χ0v) is 13.4. The molecule has 0 aromatic carbocycles. The van der Waals surface area contributed by atoms with Crippen LogP contribution in [-0.4, -0.2) is 55.6 Å². The van der Waals surface area contributed by atoms with Gasteiger partial charge >= 0.3 is 11.8 Å². The van der Waals surface area contributed by atoms with Crippen LogP contribution in [0.25, 0.3) is 0 Å². The Morgan fingerprint density at radius 1 is 1.52 bits per heavy atom. The Morgan fingerprint density at radius 3 is 2.90 bits per heavy atom. The highest BCUT2D eigenvalue weighted by molar-refractivity contribution is 7.99. The lowest BCUT2D eigenvalue weighted by molar-refractivity contribution is -0.143. The highest BCUT2D eigenvalue weighted by atomic mass is 32.2. The standard InChI is InChI=1S/C13H21N5O2S/c1-4-21-10-6-5-9(7-10)17(2)12(20)11(19)16-13-14-8-15-18(13)3/h8-10H,4-7H2,1-3H3,(H,14,15,16,19)/t9-,10+/m1/s1. The SMILES string of the molecule is CCS[C@H]1CC[C@@H](N(C)C(=O)C(=O)Nc2ncnn2C)C1. The third-order valence-corrected chi connectivity index (χ3v) is 4.99. The Kier molecular flexibility index (Phi) is 5.22. The van der Waals surface area contributed by atoms with Crippen molar-refractivity contribution < 1.29 is 9.59 Å². The van der Waals surface area contributed by atoms with E-state index in [4.69, 9.17) is 0 Å². The molecule has 0 saturated heterocycles. The molecule has 1 aromatic rings. The van der Waals surface area contributed by atoms with Crippen LogP contribution in [0.2, 0.25) is 0 Å². The molecule has 0 unspecified atom stereocenters. The number of nitrogens with zero attached hydrogens (tertiary/aromatic N) is 4. The molecule has 1 saturated carbocycles. The maximum Gasteiger partial charge on any atom is 0.316 e. The van der Waals surface area contributed by atoms with E-state index in [-0.39, 0.29) is 12.0 Å². The maximum atomic E-state index is 12.2. The van der Waals surface area contributed by atoms with Gasteiger partial charge in [0, 0.05) is 25.4 Å². The number of aromatic nitrogens is 3. The zero-order chi connectivity index (χ0) is 15.4. The van der Waals surface area contributed by atoms with Crippen molar-refractivity contribution in [1.82, 2.24) is 19.7 Å². The topological polar surface area (TPSA) is 80.1 Å². The van der Waals surface area contributed by atoms with Gasteiger partial charge in [-0.05, 0) is 25.0 Å². The molecule has 21 heavy (non-hydrogen) atoms. The van der Waals surface area contributed by atoms with Crippen molar-refractivity contribution in [3.63, 3.8) is 0 Å². The first kappa shape index (κ1) is 15.8. The van der Waals surface area contributed by atoms with Gasteiger partial charge in [0.15, 0.2) is 0 Å². The van der Waals surface area contributed by atoms with E-state index in [0.29, 0.717) is 5.25 Å². The van der Waals surface area contributed by atoms with Gasteiger partial charge < -0.3 is 4.90 Å². The smallest absolute Gasteiger partial charge is 0.316 e. The van der Waals surface area contributed by atoms with Crippen LogP contribution in [0.4, 0.5) is 5.95 Å². The van der Waals surface area contributed by atoms with Gasteiger partial charge in [0.2, 0.25) is 5.95 Å². The van der Waals surface area contributed by atoms with E-state index in [9.17, 15) is 9.59 Å². The Hall–Kier alpha value is -1.57. The summed E-state index contributed by atoms with van der Waals surface area (Å²) in [5.41, 5.74) is 0. The number of anilines is 1. The number of thioether (sulfide) groups is 1. The quantitative estimate of drug-likeness (QED) is 0.835. The first-order valence-electron chi connectivity index (χ1n) is 7.06. The average Bonchev–Trinajstić information content (AvgIpc) is 3.08. The second-order valence-electron chi connectivity index (χ2n) is 5.12. The Morgan fingerprint density at radius 2 is 2.29 bits per heavy atom. The van der Waals surface area contributed by atoms with Crippen molar-refractivity contribution in [3.8, 4) is 0 Å². The Labute approximate surface area is 128 Å². The zero-order valence-electron chi connectivity index (χ0n) is 12.6. The van der Waals surface area contributed by atoms with Gasteiger partial charge in [-0.1, -0.05) is 6.92 Å². The fourth-order valence-corrected chi connectivity index (χ4v) is 3.68. The first-order valence-corrected chi connectivity index (χ1v) is 8.11. The molecule has 1 aliphatic carbocycles. The molecule has 1 heterocycles. The largest absolute Gasteiger partial charge is 0.334 e. The van der Waals surface area contributed by atoms with Crippen LogP contribution in [0.15, 0.2) is 6.33 Å². The highest BCUT2D eigenvalue weighted by Crippen LogP contribution is 2.32. The van der Waals surface area contributed by atoms with Crippen LogP contribution >= 0.6 is 11.8 Å². The van der Waals surface area contributed by atoms with Crippen LogP contribution in [-0.2, 0) is 16.6 Å². The fourth-order valence-electron chi connectivity index (χ4n) is 2.55. The summed E-state index contributed by atoms with van der Waals surface area (Å²) in [6.45, 7) is 2.14. The molecule has 0 radical (unpaired) electrons. The molecule has 2 rings (SSSR count). The summed E-state index contributed by atoms with van der Waals surface area (Å²) in [5.74, 6) is 0.166. The van der Waals surface area contributed by atoms with Crippen molar-refractivity contribution in [2.45, 2.75) is 37.5 Å². The number of amides is 2. The number of nitrogens with one attached hydrogen (secondary N) is 1. The van der Waals surface area contributed by atoms with Gasteiger partial charge in [-0.3, -0.25) is 14.9 Å². The lowest BCUT2D eigenvalue weighted by Crippen LogP contribution is -2.42. The van der Waals surface area contributed by atoms with E-state index in [0.717, 1.165) is 25.0 Å². The van der Waals surface area contributed by atoms with E-state index in [1.54, 1.807) is 19.0 Å². The summed E-state index contributed by atoms with van der Waals surface area (Å²) in [6.07, 6.45) is 4.34. The predicted molar refractivity (Wildman–Crippen MR) is 82.0 cm³/mol. The maximum absolute atomic E-state index is 12.2. The molecule has 2 atom stereocenters. The monoisotopic (exact) mass is 311 g/mol. The number of hydrogen-bond acceptors (Lipinski definition) is 5. The minimum atomic E-state index is -0.666. The van der Waals surface area contributed by atoms with Gasteiger partial charge in [0.05, 0.1) is 0 Å². The second-order valence-corrected chi connectivity index (χ2v) is 6.70. The van der Waals surface area contributed by atoms with Crippen LogP contribution in [0.1, 0.15) is 26.2 Å². The van der Waals surface area contributed by atoms with Gasteiger partial charge in [-0.2, -0.15) is 21.8 Å². The molecular weight excluding hydrogens is 290 g/mol. The molecule has 1 N–H and O–H groups in total. The summed E-state index contributed by atoms with van der Waals surface area (Å²) in [4.78, 5) is 29.6. The van der Waals surface area contributed by atoms with E-state index < -0.39 is 11.8 Å². The summed E-state index contributed by atoms with van der Waals surface area (Å²) in [6, 6.07) is 0.145. The lowest BCUT2D eigenvalue weighted by atomic mass is 10.2. The van der Waals surface area contributed by atoms with Crippen LogP contribution < -0.4 is 5.32 Å². The van der Waals surface area contributed by atoms with Crippen LogP contribution in [0, 0.1) is 0 Å².